The van der Waals surface area contributed by atoms with Crippen LogP contribution in [0.5, 0.6) is 5.75 Å². The van der Waals surface area contributed by atoms with E-state index < -0.39 is 10.0 Å². The minimum absolute atomic E-state index is 0.00130. The van der Waals surface area contributed by atoms with E-state index in [2.05, 4.69) is 5.32 Å². The summed E-state index contributed by atoms with van der Waals surface area (Å²) in [4.78, 5) is 12.5. The maximum Gasteiger partial charge on any atom is 0.243 e. The number of hydrogen-bond acceptors (Lipinski definition) is 5. The van der Waals surface area contributed by atoms with Crippen LogP contribution in [0.2, 0.25) is 0 Å². The molecule has 0 radical (unpaired) electrons. The van der Waals surface area contributed by atoms with Crippen LogP contribution in [-0.2, 0) is 19.6 Å². The molecular formula is C18H26N2O5S. The first kappa shape index (κ1) is 19.1. The number of carbonyl (C=O) groups excluding carboxylic acids is 1. The monoisotopic (exact) mass is 382 g/mol. The standard InChI is InChI=1S/C18H26N2O5S/c1-13(2)25-17-7-6-15(26(22,23)20-8-10-24-11-9-20)12-16(17)19-18(21)14-4-3-5-14/h6-7,12-14H,3-5,8-11H2,1-2H3,(H,19,21). The summed E-state index contributed by atoms with van der Waals surface area (Å²) in [5, 5.41) is 2.86. The first-order chi connectivity index (χ1) is 12.4. The number of ether oxygens (including phenoxy) is 2. The Bertz CT molecular complexity index is 753. The fourth-order valence-corrected chi connectivity index (χ4v) is 4.40. The van der Waals surface area contributed by atoms with E-state index in [4.69, 9.17) is 9.47 Å². The smallest absolute Gasteiger partial charge is 0.243 e. The van der Waals surface area contributed by atoms with Gasteiger partial charge in [0.05, 0.1) is 29.9 Å². The van der Waals surface area contributed by atoms with E-state index >= 15 is 0 Å². The van der Waals surface area contributed by atoms with E-state index in [0.717, 1.165) is 19.3 Å². The molecule has 7 nitrogen and oxygen atoms in total. The molecular weight excluding hydrogens is 356 g/mol. The van der Waals surface area contributed by atoms with Gasteiger partial charge in [-0.1, -0.05) is 6.42 Å². The molecule has 1 saturated heterocycles. The van der Waals surface area contributed by atoms with Gasteiger partial charge in [0.1, 0.15) is 5.75 Å². The molecule has 8 heteroatoms. The number of rotatable bonds is 6. The molecule has 1 saturated carbocycles. The van der Waals surface area contributed by atoms with Crippen LogP contribution >= 0.6 is 0 Å². The Morgan fingerprint density at radius 2 is 1.96 bits per heavy atom. The van der Waals surface area contributed by atoms with Gasteiger partial charge < -0.3 is 14.8 Å². The van der Waals surface area contributed by atoms with E-state index in [9.17, 15) is 13.2 Å². The maximum atomic E-state index is 12.9. The van der Waals surface area contributed by atoms with Crippen molar-refractivity contribution < 1.29 is 22.7 Å². The predicted molar refractivity (Wildman–Crippen MR) is 97.8 cm³/mol. The minimum Gasteiger partial charge on any atom is -0.489 e. The molecule has 0 bridgehead atoms. The Labute approximate surface area is 154 Å². The zero-order valence-corrected chi connectivity index (χ0v) is 16.0. The van der Waals surface area contributed by atoms with Crippen molar-refractivity contribution in [1.29, 1.82) is 0 Å². The Hall–Kier alpha value is -1.64. The lowest BCUT2D eigenvalue weighted by atomic mass is 9.85. The lowest BCUT2D eigenvalue weighted by Crippen LogP contribution is -2.40. The summed E-state index contributed by atoms with van der Waals surface area (Å²) < 4.78 is 38.1. The number of nitrogens with one attached hydrogen (secondary N) is 1. The summed E-state index contributed by atoms with van der Waals surface area (Å²) in [6, 6.07) is 4.64. The van der Waals surface area contributed by atoms with Crippen LogP contribution in [0.4, 0.5) is 5.69 Å². The normalized spacial score (nSPS) is 19.2. The fraction of sp³-hybridized carbons (Fsp3) is 0.611. The van der Waals surface area contributed by atoms with Crippen LogP contribution in [0.1, 0.15) is 33.1 Å². The van der Waals surface area contributed by atoms with Gasteiger partial charge in [0.25, 0.3) is 0 Å². The van der Waals surface area contributed by atoms with Crippen molar-refractivity contribution in [2.75, 3.05) is 31.6 Å². The molecule has 1 aliphatic heterocycles. The van der Waals surface area contributed by atoms with E-state index in [1.54, 1.807) is 6.07 Å². The van der Waals surface area contributed by atoms with Crippen molar-refractivity contribution in [3.05, 3.63) is 18.2 Å². The van der Waals surface area contributed by atoms with Crippen molar-refractivity contribution in [2.45, 2.75) is 44.1 Å². The van der Waals surface area contributed by atoms with Gasteiger partial charge in [0.15, 0.2) is 0 Å². The predicted octanol–water partition coefficient (Wildman–Crippen LogP) is 2.23. The van der Waals surface area contributed by atoms with Crippen LogP contribution in [0.3, 0.4) is 0 Å². The Morgan fingerprint density at radius 1 is 1.27 bits per heavy atom. The minimum atomic E-state index is -3.63. The highest BCUT2D eigenvalue weighted by Crippen LogP contribution is 2.33. The quantitative estimate of drug-likeness (QED) is 0.816. The van der Waals surface area contributed by atoms with Crippen LogP contribution in [0.15, 0.2) is 23.1 Å². The van der Waals surface area contributed by atoms with Crippen molar-refractivity contribution in [2.24, 2.45) is 5.92 Å². The highest BCUT2D eigenvalue weighted by Gasteiger charge is 2.29. The van der Waals surface area contributed by atoms with Crippen LogP contribution in [0, 0.1) is 5.92 Å². The first-order valence-corrected chi connectivity index (χ1v) is 10.5. The molecule has 1 N–H and O–H groups in total. The molecule has 0 aromatic heterocycles. The van der Waals surface area contributed by atoms with Gasteiger partial charge in [-0.2, -0.15) is 4.31 Å². The molecule has 3 rings (SSSR count). The zero-order chi connectivity index (χ0) is 18.7. The molecule has 0 atom stereocenters. The number of amides is 1. The van der Waals surface area contributed by atoms with Crippen molar-refractivity contribution >= 4 is 21.6 Å². The van der Waals surface area contributed by atoms with Gasteiger partial charge in [0, 0.05) is 19.0 Å². The fourth-order valence-electron chi connectivity index (χ4n) is 2.97. The lowest BCUT2D eigenvalue weighted by Gasteiger charge is -2.27. The van der Waals surface area contributed by atoms with Gasteiger partial charge >= 0.3 is 0 Å². The molecule has 0 spiro atoms. The number of nitrogens with zero attached hydrogens (tertiary/aromatic N) is 1. The molecule has 1 aromatic carbocycles. The summed E-state index contributed by atoms with van der Waals surface area (Å²) in [5.41, 5.74) is 0.407. The Kier molecular flexibility index (Phi) is 5.84. The summed E-state index contributed by atoms with van der Waals surface area (Å²) in [6.07, 6.45) is 2.71. The Balaban J connectivity index is 1.88. The van der Waals surface area contributed by atoms with Crippen LogP contribution in [0.25, 0.3) is 0 Å². The molecule has 1 amide bonds. The van der Waals surface area contributed by atoms with E-state index in [0.29, 0.717) is 37.7 Å². The number of benzene rings is 1. The highest BCUT2D eigenvalue weighted by molar-refractivity contribution is 7.89. The average molecular weight is 382 g/mol. The number of carbonyl (C=O) groups is 1. The molecule has 144 valence electrons. The van der Waals surface area contributed by atoms with Gasteiger partial charge in [-0.05, 0) is 44.9 Å². The first-order valence-electron chi connectivity index (χ1n) is 9.07. The average Bonchev–Trinajstić information content (AvgIpc) is 2.55. The molecule has 2 fully saturated rings. The SMILES string of the molecule is CC(C)Oc1ccc(S(=O)(=O)N2CCOCC2)cc1NC(=O)C1CCC1. The number of morpholine rings is 1. The van der Waals surface area contributed by atoms with Gasteiger partial charge in [-0.3, -0.25) is 4.79 Å². The van der Waals surface area contributed by atoms with E-state index in [1.807, 2.05) is 13.8 Å². The van der Waals surface area contributed by atoms with E-state index in [1.165, 1.54) is 16.4 Å². The summed E-state index contributed by atoms with van der Waals surface area (Å²) in [5.74, 6) is 0.404. The third-order valence-corrected chi connectivity index (χ3v) is 6.55. The lowest BCUT2D eigenvalue weighted by molar-refractivity contribution is -0.122. The second kappa shape index (κ2) is 7.94. The molecule has 1 aromatic rings. The molecule has 1 heterocycles. The highest BCUT2D eigenvalue weighted by atomic mass is 32.2. The van der Waals surface area contributed by atoms with Gasteiger partial charge in [-0.25, -0.2) is 8.42 Å². The molecule has 0 unspecified atom stereocenters. The topological polar surface area (TPSA) is 84.9 Å². The second-order valence-electron chi connectivity index (χ2n) is 6.96. The summed E-state index contributed by atoms with van der Waals surface area (Å²) in [6.45, 7) is 5.20. The van der Waals surface area contributed by atoms with Crippen molar-refractivity contribution in [3.63, 3.8) is 0 Å². The van der Waals surface area contributed by atoms with Crippen molar-refractivity contribution in [3.8, 4) is 5.75 Å². The zero-order valence-electron chi connectivity index (χ0n) is 15.2. The number of anilines is 1. The maximum absolute atomic E-state index is 12.9. The van der Waals surface area contributed by atoms with Crippen LogP contribution < -0.4 is 10.1 Å². The number of hydrogen-bond donors (Lipinski definition) is 1. The number of sulfonamides is 1. The third-order valence-electron chi connectivity index (χ3n) is 4.66. The summed E-state index contributed by atoms with van der Waals surface area (Å²) in [7, 11) is -3.63. The molecule has 26 heavy (non-hydrogen) atoms. The molecule has 2 aliphatic rings. The van der Waals surface area contributed by atoms with Crippen LogP contribution in [-0.4, -0.2) is 51.0 Å². The van der Waals surface area contributed by atoms with Crippen molar-refractivity contribution in [1.82, 2.24) is 4.31 Å². The second-order valence-corrected chi connectivity index (χ2v) is 8.90. The third kappa shape index (κ3) is 4.19. The van der Waals surface area contributed by atoms with Gasteiger partial charge in [0.2, 0.25) is 15.9 Å². The van der Waals surface area contributed by atoms with Gasteiger partial charge in [-0.15, -0.1) is 0 Å². The Morgan fingerprint density at radius 3 is 2.54 bits per heavy atom. The summed E-state index contributed by atoms with van der Waals surface area (Å²) >= 11 is 0. The molecule has 1 aliphatic carbocycles. The van der Waals surface area contributed by atoms with E-state index in [-0.39, 0.29) is 22.8 Å². The largest absolute Gasteiger partial charge is 0.489 e.